The van der Waals surface area contributed by atoms with Crippen LogP contribution in [0.15, 0.2) is 83.4 Å². The fourth-order valence-electron chi connectivity index (χ4n) is 4.61. The van der Waals surface area contributed by atoms with Crippen molar-refractivity contribution in [1.29, 1.82) is 0 Å². The van der Waals surface area contributed by atoms with Gasteiger partial charge in [-0.3, -0.25) is 4.98 Å². The quantitative estimate of drug-likeness (QED) is 0.254. The summed E-state index contributed by atoms with van der Waals surface area (Å²) in [5.74, 6) is 0. The van der Waals surface area contributed by atoms with Gasteiger partial charge in [-0.15, -0.1) is 0 Å². The van der Waals surface area contributed by atoms with Gasteiger partial charge in [-0.05, 0) is 75.6 Å². The van der Waals surface area contributed by atoms with Gasteiger partial charge in [-0.25, -0.2) is 0 Å². The van der Waals surface area contributed by atoms with Crippen LogP contribution in [0.1, 0.15) is 38.8 Å². The molecule has 0 saturated heterocycles. The smallest absolute Gasteiger partial charge is 0.144 e. The number of pyridine rings is 1. The molecule has 2 heterocycles. The monoisotopic (exact) mass is 434 g/mol. The predicted octanol–water partition coefficient (Wildman–Crippen LogP) is 8.85. The predicted molar refractivity (Wildman–Crippen MR) is 140 cm³/mol. The molecule has 0 radical (unpaired) electrons. The van der Waals surface area contributed by atoms with Crippen molar-refractivity contribution in [2.45, 2.75) is 34.0 Å². The average Bonchev–Trinajstić information content (AvgIpc) is 3.23. The molecule has 0 spiro atoms. The first kappa shape index (κ1) is 15.2. The molecular formula is C31H27NO. The van der Waals surface area contributed by atoms with E-state index in [2.05, 4.69) is 41.4 Å². The first-order valence-electron chi connectivity index (χ1n) is 13.6. The lowest BCUT2D eigenvalue weighted by atomic mass is 9.86. The zero-order valence-corrected chi connectivity index (χ0v) is 18.9. The molecule has 0 N–H and O–H groups in total. The molecule has 0 aliphatic rings. The van der Waals surface area contributed by atoms with E-state index < -0.39 is 18.6 Å². The minimum Gasteiger partial charge on any atom is -0.455 e. The van der Waals surface area contributed by atoms with Crippen LogP contribution < -0.4 is 0 Å². The maximum absolute atomic E-state index is 8.86. The van der Waals surface area contributed by atoms with Gasteiger partial charge in [0.15, 0.2) is 0 Å². The summed E-state index contributed by atoms with van der Waals surface area (Å²) < 4.78 is 48.2. The van der Waals surface area contributed by atoms with Gasteiger partial charge in [0.05, 0.1) is 5.69 Å². The third-order valence-electron chi connectivity index (χ3n) is 6.05. The fraction of sp³-hybridized carbons (Fsp3) is 0.194. The van der Waals surface area contributed by atoms with Crippen LogP contribution in [0.3, 0.4) is 0 Å². The molecule has 0 aliphatic heterocycles. The zero-order chi connectivity index (χ0) is 27.0. The summed E-state index contributed by atoms with van der Waals surface area (Å²) in [5.41, 5.74) is 1.77. The van der Waals surface area contributed by atoms with Crippen molar-refractivity contribution in [3.8, 4) is 11.3 Å². The molecule has 6 rings (SSSR count). The molecule has 0 amide bonds. The average molecular weight is 435 g/mol. The van der Waals surface area contributed by atoms with E-state index in [1.165, 1.54) is 6.20 Å². The van der Waals surface area contributed by atoms with Crippen molar-refractivity contribution in [3.05, 3.63) is 90.1 Å². The lowest BCUT2D eigenvalue weighted by molar-refractivity contribution is 0.410. The van der Waals surface area contributed by atoms with Gasteiger partial charge >= 0.3 is 0 Å². The highest BCUT2D eigenvalue weighted by Gasteiger charge is 2.17. The highest BCUT2D eigenvalue weighted by Crippen LogP contribution is 2.39. The highest BCUT2D eigenvalue weighted by atomic mass is 16.3. The van der Waals surface area contributed by atoms with E-state index in [1.807, 2.05) is 30.3 Å². The summed E-state index contributed by atoms with van der Waals surface area (Å²) in [6.07, 6.45) is -0.613. The Morgan fingerprint density at radius 2 is 1.67 bits per heavy atom. The Morgan fingerprint density at radius 1 is 0.848 bits per heavy atom. The first-order valence-corrected chi connectivity index (χ1v) is 11.1. The number of hydrogen-bond donors (Lipinski definition) is 0. The molecule has 0 atom stereocenters. The molecule has 33 heavy (non-hydrogen) atoms. The standard InChI is InChI=1S/C31H27NO/c1-19-18-32-28(15-22(19)17-31(2,3)4)25-11-7-10-24-27-14-21-13-12-20-8-5-6-9-23(20)26(21)16-29(27)33-30(24)25/h5-16,18H,17H2,1-4H3/i1D3,17D2. The molecular weight excluding hydrogens is 402 g/mol. The third-order valence-corrected chi connectivity index (χ3v) is 6.05. The molecule has 0 fully saturated rings. The summed E-state index contributed by atoms with van der Waals surface area (Å²) >= 11 is 0. The lowest BCUT2D eigenvalue weighted by Crippen LogP contribution is -2.10. The van der Waals surface area contributed by atoms with Crippen LogP contribution >= 0.6 is 0 Å². The largest absolute Gasteiger partial charge is 0.455 e. The molecule has 0 bridgehead atoms. The Kier molecular flexibility index (Phi) is 3.31. The van der Waals surface area contributed by atoms with Gasteiger partial charge in [0, 0.05) is 29.4 Å². The van der Waals surface area contributed by atoms with Crippen LogP contribution in [0, 0.1) is 12.3 Å². The zero-order valence-electron chi connectivity index (χ0n) is 23.9. The normalized spacial score (nSPS) is 15.4. The second-order valence-corrected chi connectivity index (χ2v) is 9.63. The Bertz CT molecular complexity index is 1880. The second kappa shape index (κ2) is 7.18. The SMILES string of the molecule is [2H]C([2H])([2H])c1cnc(-c2cccc3c2oc2cc4c(ccc5ccccc54)cc23)cc1C([2H])([2H])C(C)(C)C. The van der Waals surface area contributed by atoms with Crippen LogP contribution in [-0.4, -0.2) is 4.98 Å². The van der Waals surface area contributed by atoms with Gasteiger partial charge in [0.25, 0.3) is 0 Å². The molecule has 162 valence electrons. The van der Waals surface area contributed by atoms with Crippen molar-refractivity contribution in [2.24, 2.45) is 5.41 Å². The number of furan rings is 1. The van der Waals surface area contributed by atoms with Crippen molar-refractivity contribution in [1.82, 2.24) is 4.98 Å². The van der Waals surface area contributed by atoms with Crippen LogP contribution in [-0.2, 0) is 6.37 Å². The number of aromatic nitrogens is 1. The van der Waals surface area contributed by atoms with Crippen LogP contribution in [0.2, 0.25) is 0 Å². The van der Waals surface area contributed by atoms with Crippen LogP contribution in [0.5, 0.6) is 0 Å². The number of benzene rings is 4. The Balaban J connectivity index is 1.61. The van der Waals surface area contributed by atoms with Crippen LogP contribution in [0.25, 0.3) is 54.7 Å². The molecule has 4 aromatic carbocycles. The van der Waals surface area contributed by atoms with E-state index in [-0.39, 0.29) is 11.1 Å². The van der Waals surface area contributed by atoms with E-state index in [1.54, 1.807) is 26.8 Å². The highest BCUT2D eigenvalue weighted by molar-refractivity contribution is 6.17. The molecule has 0 unspecified atom stereocenters. The number of para-hydroxylation sites is 1. The Morgan fingerprint density at radius 3 is 2.52 bits per heavy atom. The molecule has 2 aromatic heterocycles. The summed E-state index contributed by atoms with van der Waals surface area (Å²) in [4.78, 5) is 4.50. The number of nitrogens with zero attached hydrogens (tertiary/aromatic N) is 1. The summed E-state index contributed by atoms with van der Waals surface area (Å²) in [6.45, 7) is 2.81. The number of fused-ring (bicyclic) bond motifs is 6. The van der Waals surface area contributed by atoms with Gasteiger partial charge in [0.1, 0.15) is 11.2 Å². The summed E-state index contributed by atoms with van der Waals surface area (Å²) in [5, 5.41) is 6.45. The number of aryl methyl sites for hydroxylation is 1. The molecule has 0 saturated carbocycles. The summed E-state index contributed by atoms with van der Waals surface area (Å²) in [6, 6.07) is 24.1. The Labute approximate surface area is 200 Å². The van der Waals surface area contributed by atoms with Gasteiger partial charge in [-0.2, -0.15) is 0 Å². The maximum atomic E-state index is 8.86. The van der Waals surface area contributed by atoms with Gasteiger partial charge < -0.3 is 4.42 Å². The minimum atomic E-state index is -2.49. The molecule has 0 aliphatic carbocycles. The van der Waals surface area contributed by atoms with Gasteiger partial charge in [-0.1, -0.05) is 69.3 Å². The van der Waals surface area contributed by atoms with E-state index in [0.29, 0.717) is 16.8 Å². The molecule has 6 aromatic rings. The minimum absolute atomic E-state index is 0.0731. The third kappa shape index (κ3) is 3.38. The maximum Gasteiger partial charge on any atom is 0.144 e. The molecule has 2 nitrogen and oxygen atoms in total. The van der Waals surface area contributed by atoms with Crippen molar-refractivity contribution >= 4 is 43.5 Å². The topological polar surface area (TPSA) is 26.0 Å². The van der Waals surface area contributed by atoms with Crippen LogP contribution in [0.4, 0.5) is 0 Å². The van der Waals surface area contributed by atoms with Crippen molar-refractivity contribution in [2.75, 3.05) is 0 Å². The van der Waals surface area contributed by atoms with E-state index in [4.69, 9.17) is 11.3 Å². The summed E-state index contributed by atoms with van der Waals surface area (Å²) in [7, 11) is 0. The molecule has 2 heteroatoms. The van der Waals surface area contributed by atoms with Crippen molar-refractivity contribution in [3.63, 3.8) is 0 Å². The first-order chi connectivity index (χ1) is 17.9. The fourth-order valence-corrected chi connectivity index (χ4v) is 4.61. The second-order valence-electron chi connectivity index (χ2n) is 9.63. The van der Waals surface area contributed by atoms with Crippen molar-refractivity contribution < 1.29 is 11.3 Å². The van der Waals surface area contributed by atoms with E-state index in [9.17, 15) is 0 Å². The van der Waals surface area contributed by atoms with Gasteiger partial charge in [0.2, 0.25) is 0 Å². The van der Waals surface area contributed by atoms with E-state index >= 15 is 0 Å². The number of hydrogen-bond acceptors (Lipinski definition) is 2. The lowest BCUT2D eigenvalue weighted by Gasteiger charge is -2.20. The Hall–Kier alpha value is -3.65. The number of rotatable bonds is 2. The van der Waals surface area contributed by atoms with E-state index in [0.717, 1.165) is 37.9 Å².